The molecule has 1 aromatic heterocycles. The minimum atomic E-state index is -0.335. The second-order valence-electron chi connectivity index (χ2n) is 11.8. The van der Waals surface area contributed by atoms with Gasteiger partial charge in [0.25, 0.3) is 0 Å². The molecule has 8 nitrogen and oxygen atoms in total. The maximum absolute atomic E-state index is 15.5. The number of carbonyl (C=O) groups is 1. The van der Waals surface area contributed by atoms with Gasteiger partial charge in [0.05, 0.1) is 34.2 Å². The second-order valence-corrected chi connectivity index (χ2v) is 12.6. The van der Waals surface area contributed by atoms with Crippen LogP contribution in [0.15, 0.2) is 66.9 Å². The molecule has 240 valence electrons. The Kier molecular flexibility index (Phi) is 10.1. The highest BCUT2D eigenvalue weighted by atomic mass is 35.5. The molecule has 0 radical (unpaired) electrons. The molecule has 3 heterocycles. The molecule has 0 aliphatic carbocycles. The van der Waals surface area contributed by atoms with Gasteiger partial charge in [0.15, 0.2) is 5.82 Å². The average Bonchev–Trinajstić information content (AvgIpc) is 3.46. The summed E-state index contributed by atoms with van der Waals surface area (Å²) in [7, 11) is 1.62. The van der Waals surface area contributed by atoms with Gasteiger partial charge in [-0.1, -0.05) is 59.6 Å². The van der Waals surface area contributed by atoms with E-state index in [1.165, 1.54) is 0 Å². The van der Waals surface area contributed by atoms with Crippen molar-refractivity contribution in [2.24, 2.45) is 5.92 Å². The third-order valence-corrected chi connectivity index (χ3v) is 9.35. The number of anilines is 2. The Balaban J connectivity index is 1.20. The molecule has 46 heavy (non-hydrogen) atoms. The zero-order valence-electron chi connectivity index (χ0n) is 25.5. The normalized spacial score (nSPS) is 16.7. The van der Waals surface area contributed by atoms with Gasteiger partial charge in [0, 0.05) is 91.7 Å². The van der Waals surface area contributed by atoms with E-state index in [1.54, 1.807) is 31.5 Å². The van der Waals surface area contributed by atoms with Crippen molar-refractivity contribution in [1.29, 1.82) is 0 Å². The van der Waals surface area contributed by atoms with E-state index < -0.39 is 0 Å². The first-order chi connectivity index (χ1) is 22.3. The number of ether oxygens (including phenoxy) is 1. The predicted octanol–water partition coefficient (Wildman–Crippen LogP) is 6.41. The fourth-order valence-electron chi connectivity index (χ4n) is 6.04. The van der Waals surface area contributed by atoms with Crippen LogP contribution in [0.4, 0.5) is 15.8 Å². The molecule has 3 aromatic carbocycles. The van der Waals surface area contributed by atoms with Gasteiger partial charge in [-0.3, -0.25) is 14.7 Å². The molecule has 0 bridgehead atoms. The van der Waals surface area contributed by atoms with Gasteiger partial charge in [-0.05, 0) is 30.7 Å². The Labute approximate surface area is 277 Å². The molecule has 0 saturated carbocycles. The molecular weight excluding hydrogens is 628 g/mol. The zero-order chi connectivity index (χ0) is 32.2. The van der Waals surface area contributed by atoms with Crippen LogP contribution in [0, 0.1) is 11.7 Å². The number of aliphatic hydroxyl groups is 1. The molecule has 2 aliphatic heterocycles. The molecule has 2 saturated heterocycles. The Morgan fingerprint density at radius 3 is 2.59 bits per heavy atom. The van der Waals surface area contributed by atoms with Crippen molar-refractivity contribution in [3.63, 3.8) is 0 Å². The fourth-order valence-corrected chi connectivity index (χ4v) is 6.64. The van der Waals surface area contributed by atoms with Crippen LogP contribution in [0.3, 0.4) is 0 Å². The first kappa shape index (κ1) is 32.2. The highest BCUT2D eigenvalue weighted by Crippen LogP contribution is 2.42. The smallest absolute Gasteiger partial charge is 0.220 e. The Morgan fingerprint density at radius 2 is 1.83 bits per heavy atom. The number of aliphatic hydroxyl groups excluding tert-OH is 1. The third-order valence-electron chi connectivity index (χ3n) is 8.56. The number of hydrogen-bond acceptors (Lipinski definition) is 7. The van der Waals surface area contributed by atoms with Crippen molar-refractivity contribution in [3.8, 4) is 28.1 Å². The number of nitrogens with zero attached hydrogens (tertiary/aromatic N) is 2. The number of methoxy groups -OCH3 is 1. The van der Waals surface area contributed by atoms with E-state index >= 15 is 4.39 Å². The van der Waals surface area contributed by atoms with E-state index in [-0.39, 0.29) is 30.3 Å². The van der Waals surface area contributed by atoms with Crippen LogP contribution < -0.4 is 20.7 Å². The SMILES string of the molecule is COc1cc(-c2nccc(-c3cccc(Nc4cccc(CN5CC(CO)C5)c4F)c3Cl)c2Cl)ccc1CNC[C@@H]1CCC(=O)N1. The van der Waals surface area contributed by atoms with Crippen LogP contribution in [0.1, 0.15) is 24.0 Å². The van der Waals surface area contributed by atoms with Gasteiger partial charge in [-0.15, -0.1) is 0 Å². The van der Waals surface area contributed by atoms with E-state index in [2.05, 4.69) is 25.8 Å². The Bertz CT molecular complexity index is 1730. The highest BCUT2D eigenvalue weighted by molar-refractivity contribution is 6.39. The molecule has 11 heteroatoms. The molecule has 1 amide bonds. The van der Waals surface area contributed by atoms with Gasteiger partial charge in [0.1, 0.15) is 5.75 Å². The van der Waals surface area contributed by atoms with Crippen LogP contribution in [0.5, 0.6) is 5.75 Å². The number of nitrogens with one attached hydrogen (secondary N) is 3. The number of likely N-dealkylation sites (tertiary alicyclic amines) is 1. The molecular formula is C35H36Cl2FN5O3. The number of hydrogen-bond donors (Lipinski definition) is 4. The lowest BCUT2D eigenvalue weighted by molar-refractivity contribution is -0.119. The maximum Gasteiger partial charge on any atom is 0.220 e. The van der Waals surface area contributed by atoms with Gasteiger partial charge >= 0.3 is 0 Å². The molecule has 6 rings (SSSR count). The summed E-state index contributed by atoms with van der Waals surface area (Å²) in [4.78, 5) is 18.2. The largest absolute Gasteiger partial charge is 0.496 e. The van der Waals surface area contributed by atoms with Crippen LogP contribution in [0.25, 0.3) is 22.4 Å². The molecule has 2 fully saturated rings. The molecule has 0 unspecified atom stereocenters. The number of amides is 1. The first-order valence-electron chi connectivity index (χ1n) is 15.3. The second kappa shape index (κ2) is 14.4. The maximum atomic E-state index is 15.5. The Hall–Kier alpha value is -3.73. The number of carbonyl (C=O) groups excluding carboxylic acids is 1. The zero-order valence-corrected chi connectivity index (χ0v) is 27.0. The highest BCUT2D eigenvalue weighted by Gasteiger charge is 2.27. The minimum Gasteiger partial charge on any atom is -0.496 e. The van der Waals surface area contributed by atoms with Crippen molar-refractivity contribution >= 4 is 40.5 Å². The molecule has 4 aromatic rings. The van der Waals surface area contributed by atoms with E-state index in [0.717, 1.165) is 30.6 Å². The van der Waals surface area contributed by atoms with Gasteiger partial charge in [0.2, 0.25) is 5.91 Å². The summed E-state index contributed by atoms with van der Waals surface area (Å²) in [6.07, 6.45) is 3.09. The summed E-state index contributed by atoms with van der Waals surface area (Å²) >= 11 is 13.9. The number of pyridine rings is 1. The van der Waals surface area contributed by atoms with E-state index in [4.69, 9.17) is 27.9 Å². The molecule has 1 atom stereocenters. The summed E-state index contributed by atoms with van der Waals surface area (Å²) in [5, 5.41) is 19.7. The first-order valence-corrected chi connectivity index (χ1v) is 16.1. The summed E-state index contributed by atoms with van der Waals surface area (Å²) < 4.78 is 21.2. The summed E-state index contributed by atoms with van der Waals surface area (Å²) in [5.41, 5.74) is 5.15. The molecule has 0 spiro atoms. The number of benzene rings is 3. The minimum absolute atomic E-state index is 0.0972. The van der Waals surface area contributed by atoms with E-state index in [9.17, 15) is 9.90 Å². The topological polar surface area (TPSA) is 98.8 Å². The standard InChI is InChI=1S/C35H36Cl2FN5O3/c1-46-30-14-22(8-9-23(30)15-39-16-25-10-11-31(45)41-25)35-33(37)27(12-13-40-35)26-5-3-6-28(32(26)36)42-29-7-2-4-24(34(29)38)19-43-17-21(18-43)20-44/h2-9,12-14,21,25,39,42,44H,10-11,15-20H2,1H3,(H,41,45)/t25-/m0/s1. The van der Waals surface area contributed by atoms with Gasteiger partial charge < -0.3 is 25.8 Å². The lowest BCUT2D eigenvalue weighted by Gasteiger charge is -2.38. The van der Waals surface area contributed by atoms with Gasteiger partial charge in [-0.25, -0.2) is 4.39 Å². The third kappa shape index (κ3) is 6.99. The van der Waals surface area contributed by atoms with E-state index in [1.807, 2.05) is 42.5 Å². The fraction of sp³-hybridized carbons (Fsp3) is 0.314. The number of halogens is 3. The predicted molar refractivity (Wildman–Crippen MR) is 180 cm³/mol. The van der Waals surface area contributed by atoms with Crippen molar-refractivity contribution < 1.29 is 19.0 Å². The molecule has 4 N–H and O–H groups in total. The van der Waals surface area contributed by atoms with E-state index in [0.29, 0.717) is 75.6 Å². The van der Waals surface area contributed by atoms with Crippen molar-refractivity contribution in [2.45, 2.75) is 32.0 Å². The summed E-state index contributed by atoms with van der Waals surface area (Å²) in [6, 6.07) is 18.6. The lowest BCUT2D eigenvalue weighted by Crippen LogP contribution is -2.47. The molecule has 2 aliphatic rings. The summed E-state index contributed by atoms with van der Waals surface area (Å²) in [6.45, 7) is 3.41. The van der Waals surface area contributed by atoms with Crippen molar-refractivity contribution in [3.05, 3.63) is 93.8 Å². The van der Waals surface area contributed by atoms with Crippen LogP contribution in [-0.4, -0.2) is 60.3 Å². The quantitative estimate of drug-likeness (QED) is 0.139. The van der Waals surface area contributed by atoms with Crippen molar-refractivity contribution in [1.82, 2.24) is 20.5 Å². The summed E-state index contributed by atoms with van der Waals surface area (Å²) in [5.74, 6) is 0.715. The number of rotatable bonds is 12. The van der Waals surface area contributed by atoms with Crippen LogP contribution in [0.2, 0.25) is 10.0 Å². The van der Waals surface area contributed by atoms with Crippen molar-refractivity contribution in [2.75, 3.05) is 38.7 Å². The lowest BCUT2D eigenvalue weighted by atomic mass is 10.00. The number of aromatic nitrogens is 1. The van der Waals surface area contributed by atoms with Crippen LogP contribution >= 0.6 is 23.2 Å². The monoisotopic (exact) mass is 663 g/mol. The van der Waals surface area contributed by atoms with Gasteiger partial charge in [-0.2, -0.15) is 0 Å². The Morgan fingerprint density at radius 1 is 1.04 bits per heavy atom. The average molecular weight is 665 g/mol. The van der Waals surface area contributed by atoms with Crippen LogP contribution in [-0.2, 0) is 17.9 Å².